The average molecular weight is 305 g/mol. The first-order valence-corrected chi connectivity index (χ1v) is 8.46. The van der Waals surface area contributed by atoms with Gasteiger partial charge >= 0.3 is 0 Å². The molecule has 1 fully saturated rings. The fraction of sp³-hybridized carbons (Fsp3) is 0.500. The minimum absolute atomic E-state index is 0.367. The van der Waals surface area contributed by atoms with Crippen LogP contribution in [0.1, 0.15) is 18.1 Å². The molecule has 3 rings (SSSR count). The lowest BCUT2D eigenvalue weighted by molar-refractivity contribution is 0.138. The highest BCUT2D eigenvalue weighted by Crippen LogP contribution is 2.33. The van der Waals surface area contributed by atoms with E-state index in [-0.39, 0.29) is 6.10 Å². The maximum Gasteiger partial charge on any atom is 0.0816 e. The highest BCUT2D eigenvalue weighted by molar-refractivity contribution is 7.17. The van der Waals surface area contributed by atoms with Gasteiger partial charge in [0.25, 0.3) is 0 Å². The molecule has 1 aromatic heterocycles. The molecule has 2 heterocycles. The molecule has 2 aromatic rings. The number of hydrogen-bond donors (Lipinski definition) is 3. The molecule has 0 spiro atoms. The van der Waals surface area contributed by atoms with Crippen LogP contribution >= 0.6 is 11.3 Å². The minimum atomic E-state index is -0.367. The van der Waals surface area contributed by atoms with Gasteiger partial charge in [-0.2, -0.15) is 0 Å². The number of benzene rings is 1. The summed E-state index contributed by atoms with van der Waals surface area (Å²) in [7, 11) is 1.93. The Balaban J connectivity index is 1.67. The van der Waals surface area contributed by atoms with Crippen molar-refractivity contribution in [1.29, 1.82) is 0 Å². The second-order valence-corrected chi connectivity index (χ2v) is 6.46. The van der Waals surface area contributed by atoms with E-state index in [4.69, 9.17) is 0 Å². The second-order valence-electron chi connectivity index (χ2n) is 5.55. The SMILES string of the molecule is CNc1ccc2c(C(O)CCN3CCNCC3)csc2c1. The Morgan fingerprint density at radius 3 is 2.95 bits per heavy atom. The Kier molecular flexibility index (Phi) is 4.75. The zero-order valence-corrected chi connectivity index (χ0v) is 13.2. The molecule has 1 aliphatic heterocycles. The number of fused-ring (bicyclic) bond motifs is 1. The number of anilines is 1. The van der Waals surface area contributed by atoms with E-state index in [2.05, 4.69) is 39.1 Å². The van der Waals surface area contributed by atoms with Gasteiger partial charge in [0, 0.05) is 50.2 Å². The molecule has 0 aliphatic carbocycles. The number of thiophene rings is 1. The summed E-state index contributed by atoms with van der Waals surface area (Å²) in [6.45, 7) is 5.26. The molecule has 0 saturated carbocycles. The number of aliphatic hydroxyl groups is 1. The maximum absolute atomic E-state index is 10.5. The molecule has 1 atom stereocenters. The second kappa shape index (κ2) is 6.75. The zero-order chi connectivity index (χ0) is 14.7. The lowest BCUT2D eigenvalue weighted by Gasteiger charge is -2.27. The monoisotopic (exact) mass is 305 g/mol. The molecule has 4 nitrogen and oxygen atoms in total. The van der Waals surface area contributed by atoms with Crippen LogP contribution in [0.15, 0.2) is 23.6 Å². The highest BCUT2D eigenvalue weighted by atomic mass is 32.1. The van der Waals surface area contributed by atoms with Gasteiger partial charge in [0.2, 0.25) is 0 Å². The van der Waals surface area contributed by atoms with E-state index in [1.165, 1.54) is 10.1 Å². The summed E-state index contributed by atoms with van der Waals surface area (Å²) < 4.78 is 1.23. The molecule has 1 aliphatic rings. The number of rotatable bonds is 5. The van der Waals surface area contributed by atoms with Gasteiger partial charge in [-0.1, -0.05) is 6.07 Å². The Morgan fingerprint density at radius 1 is 1.38 bits per heavy atom. The van der Waals surface area contributed by atoms with E-state index >= 15 is 0 Å². The van der Waals surface area contributed by atoms with Crippen molar-refractivity contribution in [3.63, 3.8) is 0 Å². The van der Waals surface area contributed by atoms with Crippen molar-refractivity contribution < 1.29 is 5.11 Å². The topological polar surface area (TPSA) is 47.5 Å². The van der Waals surface area contributed by atoms with Crippen molar-refractivity contribution in [3.8, 4) is 0 Å². The molecular formula is C16H23N3OS. The van der Waals surface area contributed by atoms with E-state index < -0.39 is 0 Å². The van der Waals surface area contributed by atoms with Gasteiger partial charge in [0.05, 0.1) is 6.10 Å². The average Bonchev–Trinajstić information content (AvgIpc) is 2.96. The number of piperazine rings is 1. The molecule has 0 bridgehead atoms. The van der Waals surface area contributed by atoms with E-state index in [9.17, 15) is 5.11 Å². The molecule has 114 valence electrons. The minimum Gasteiger partial charge on any atom is -0.388 e. The van der Waals surface area contributed by atoms with Crippen LogP contribution in [0.3, 0.4) is 0 Å². The predicted octanol–water partition coefficient (Wildman–Crippen LogP) is 2.27. The molecule has 0 amide bonds. The number of aliphatic hydroxyl groups excluding tert-OH is 1. The molecule has 1 aromatic carbocycles. The Morgan fingerprint density at radius 2 is 2.19 bits per heavy atom. The summed E-state index contributed by atoms with van der Waals surface area (Å²) in [6, 6.07) is 6.33. The van der Waals surface area contributed by atoms with E-state index in [1.54, 1.807) is 11.3 Å². The summed E-state index contributed by atoms with van der Waals surface area (Å²) in [5.74, 6) is 0. The third-order valence-corrected chi connectivity index (χ3v) is 5.15. The lowest BCUT2D eigenvalue weighted by atomic mass is 10.0. The van der Waals surface area contributed by atoms with Crippen LogP contribution < -0.4 is 10.6 Å². The summed E-state index contributed by atoms with van der Waals surface area (Å²) in [4.78, 5) is 2.42. The fourth-order valence-corrected chi connectivity index (χ4v) is 3.90. The Hall–Kier alpha value is -1.14. The number of nitrogens with zero attached hydrogens (tertiary/aromatic N) is 1. The molecular weight excluding hydrogens is 282 g/mol. The van der Waals surface area contributed by atoms with E-state index in [1.807, 2.05) is 7.05 Å². The largest absolute Gasteiger partial charge is 0.388 e. The van der Waals surface area contributed by atoms with Gasteiger partial charge in [0.15, 0.2) is 0 Å². The predicted molar refractivity (Wildman–Crippen MR) is 90.3 cm³/mol. The zero-order valence-electron chi connectivity index (χ0n) is 12.4. The van der Waals surface area contributed by atoms with E-state index in [0.29, 0.717) is 0 Å². The molecule has 21 heavy (non-hydrogen) atoms. The third-order valence-electron chi connectivity index (χ3n) is 4.18. The summed E-state index contributed by atoms with van der Waals surface area (Å²) in [5, 5.41) is 20.3. The van der Waals surface area contributed by atoms with Crippen LogP contribution in [0.2, 0.25) is 0 Å². The lowest BCUT2D eigenvalue weighted by Crippen LogP contribution is -2.44. The molecule has 0 radical (unpaired) electrons. The van der Waals surface area contributed by atoms with Crippen molar-refractivity contribution in [1.82, 2.24) is 10.2 Å². The summed E-state index contributed by atoms with van der Waals surface area (Å²) >= 11 is 1.71. The van der Waals surface area contributed by atoms with Crippen molar-refractivity contribution in [3.05, 3.63) is 29.1 Å². The highest BCUT2D eigenvalue weighted by Gasteiger charge is 2.16. The molecule has 5 heteroatoms. The smallest absolute Gasteiger partial charge is 0.0816 e. The first-order valence-electron chi connectivity index (χ1n) is 7.58. The Bertz CT molecular complexity index is 592. The summed E-state index contributed by atoms with van der Waals surface area (Å²) in [5.41, 5.74) is 2.19. The Labute approximate surface area is 129 Å². The van der Waals surface area contributed by atoms with Crippen LogP contribution in [0.4, 0.5) is 5.69 Å². The quantitative estimate of drug-likeness (QED) is 0.793. The van der Waals surface area contributed by atoms with Crippen LogP contribution in [0.5, 0.6) is 0 Å². The number of hydrogen-bond acceptors (Lipinski definition) is 5. The van der Waals surface area contributed by atoms with Gasteiger partial charge in [-0.3, -0.25) is 0 Å². The van der Waals surface area contributed by atoms with Gasteiger partial charge in [-0.25, -0.2) is 0 Å². The number of nitrogens with one attached hydrogen (secondary N) is 2. The maximum atomic E-state index is 10.5. The summed E-state index contributed by atoms with van der Waals surface area (Å²) in [6.07, 6.45) is 0.439. The normalized spacial score (nSPS) is 18.0. The molecule has 1 unspecified atom stereocenters. The first-order chi connectivity index (χ1) is 10.3. The molecule has 3 N–H and O–H groups in total. The fourth-order valence-electron chi connectivity index (χ4n) is 2.86. The van der Waals surface area contributed by atoms with Crippen molar-refractivity contribution >= 4 is 27.1 Å². The third kappa shape index (κ3) is 3.37. The van der Waals surface area contributed by atoms with Crippen molar-refractivity contribution in [2.75, 3.05) is 45.1 Å². The standard InChI is InChI=1S/C16H23N3OS/c1-17-12-2-3-13-14(11-21-16(13)10-12)15(20)4-7-19-8-5-18-6-9-19/h2-3,10-11,15,17-18,20H,4-9H2,1H3. The van der Waals surface area contributed by atoms with Gasteiger partial charge in [0.1, 0.15) is 0 Å². The van der Waals surface area contributed by atoms with Crippen molar-refractivity contribution in [2.24, 2.45) is 0 Å². The molecule has 1 saturated heterocycles. The van der Waals surface area contributed by atoms with Gasteiger partial charge in [-0.05, 0) is 34.9 Å². The van der Waals surface area contributed by atoms with Crippen LogP contribution in [-0.4, -0.2) is 49.8 Å². The first kappa shape index (κ1) is 14.8. The van der Waals surface area contributed by atoms with Crippen LogP contribution in [-0.2, 0) is 0 Å². The van der Waals surface area contributed by atoms with Gasteiger partial charge in [-0.15, -0.1) is 11.3 Å². The van der Waals surface area contributed by atoms with Crippen LogP contribution in [0, 0.1) is 0 Å². The van der Waals surface area contributed by atoms with Gasteiger partial charge < -0.3 is 20.6 Å². The van der Waals surface area contributed by atoms with Crippen LogP contribution in [0.25, 0.3) is 10.1 Å². The van der Waals surface area contributed by atoms with Crippen molar-refractivity contribution in [2.45, 2.75) is 12.5 Å². The van der Waals surface area contributed by atoms with E-state index in [0.717, 1.165) is 50.4 Å².